The number of hydrogen-bond donors (Lipinski definition) is 0. The van der Waals surface area contributed by atoms with Crippen molar-refractivity contribution < 1.29 is 4.79 Å². The van der Waals surface area contributed by atoms with E-state index < -0.39 is 0 Å². The topological polar surface area (TPSA) is 17.1 Å². The lowest BCUT2D eigenvalue weighted by Gasteiger charge is -1.98. The lowest BCUT2D eigenvalue weighted by atomic mass is 10.1. The van der Waals surface area contributed by atoms with Crippen LogP contribution in [0.5, 0.6) is 0 Å². The number of carbonyl (C=O) groups excluding carboxylic acids is 1. The van der Waals surface area contributed by atoms with Crippen molar-refractivity contribution >= 4 is 17.5 Å². The van der Waals surface area contributed by atoms with Gasteiger partial charge in [0.05, 0.1) is 0 Å². The normalized spacial score (nSPS) is 10.8. The lowest BCUT2D eigenvalue weighted by molar-refractivity contribution is 0.104. The molecule has 0 amide bonds. The highest BCUT2D eigenvalue weighted by molar-refractivity contribution is 8.02. The van der Waals surface area contributed by atoms with Crippen LogP contribution in [0.15, 0.2) is 64.9 Å². The minimum atomic E-state index is 0.0413. The van der Waals surface area contributed by atoms with Crippen LogP contribution in [-0.4, -0.2) is 5.78 Å². The molecule has 0 saturated heterocycles. The van der Waals surface area contributed by atoms with E-state index >= 15 is 0 Å². The number of aryl methyl sites for hydroxylation is 2. The van der Waals surface area contributed by atoms with Gasteiger partial charge in [-0.15, -0.1) is 0 Å². The maximum absolute atomic E-state index is 11.9. The van der Waals surface area contributed by atoms with Crippen LogP contribution in [0.4, 0.5) is 0 Å². The molecule has 0 N–H and O–H groups in total. The van der Waals surface area contributed by atoms with Crippen LogP contribution in [-0.2, 0) is 0 Å². The van der Waals surface area contributed by atoms with E-state index in [1.165, 1.54) is 5.56 Å². The van der Waals surface area contributed by atoms with Gasteiger partial charge < -0.3 is 0 Å². The second kappa shape index (κ2) is 6.39. The Morgan fingerprint density at radius 2 is 1.42 bits per heavy atom. The summed E-state index contributed by atoms with van der Waals surface area (Å²) < 4.78 is 0. The summed E-state index contributed by atoms with van der Waals surface area (Å²) in [5, 5.41) is 1.84. The van der Waals surface area contributed by atoms with Gasteiger partial charge >= 0.3 is 0 Å². The van der Waals surface area contributed by atoms with Crippen molar-refractivity contribution in [2.24, 2.45) is 0 Å². The molecule has 1 nitrogen and oxygen atoms in total. The molecule has 0 saturated carbocycles. The molecule has 2 aromatic rings. The van der Waals surface area contributed by atoms with Gasteiger partial charge in [0.25, 0.3) is 0 Å². The monoisotopic (exact) mass is 268 g/mol. The van der Waals surface area contributed by atoms with Gasteiger partial charge in [0.15, 0.2) is 5.78 Å². The third-order valence-corrected chi connectivity index (χ3v) is 3.60. The molecule has 0 aliphatic heterocycles. The maximum atomic E-state index is 11.9. The molecule has 0 fully saturated rings. The van der Waals surface area contributed by atoms with E-state index in [4.69, 9.17) is 0 Å². The minimum absolute atomic E-state index is 0.0413. The highest BCUT2D eigenvalue weighted by Crippen LogP contribution is 2.19. The second-order valence-corrected chi connectivity index (χ2v) is 5.44. The van der Waals surface area contributed by atoms with E-state index in [2.05, 4.69) is 31.2 Å². The number of allylic oxidation sites excluding steroid dienone is 1. The molecule has 96 valence electrons. The Balaban J connectivity index is 1.97. The van der Waals surface area contributed by atoms with Crippen molar-refractivity contribution in [3.8, 4) is 0 Å². The zero-order chi connectivity index (χ0) is 13.7. The Morgan fingerprint density at radius 3 is 2.00 bits per heavy atom. The molecule has 0 radical (unpaired) electrons. The van der Waals surface area contributed by atoms with E-state index in [1.54, 1.807) is 17.8 Å². The molecule has 2 heteroatoms. The molecular weight excluding hydrogens is 252 g/mol. The van der Waals surface area contributed by atoms with E-state index in [9.17, 15) is 4.79 Å². The largest absolute Gasteiger partial charge is 0.289 e. The molecule has 0 bridgehead atoms. The Morgan fingerprint density at radius 1 is 0.895 bits per heavy atom. The van der Waals surface area contributed by atoms with Crippen LogP contribution >= 0.6 is 11.8 Å². The second-order valence-electron chi connectivity index (χ2n) is 4.46. The van der Waals surface area contributed by atoms with Crippen LogP contribution in [0.1, 0.15) is 21.5 Å². The van der Waals surface area contributed by atoms with Crippen LogP contribution in [0.25, 0.3) is 0 Å². The summed E-state index contributed by atoms with van der Waals surface area (Å²) in [6.07, 6.45) is 1.62. The minimum Gasteiger partial charge on any atom is -0.289 e. The van der Waals surface area contributed by atoms with Crippen LogP contribution in [0.3, 0.4) is 0 Å². The fourth-order valence-corrected chi connectivity index (χ4v) is 2.25. The molecule has 0 aromatic heterocycles. The molecule has 19 heavy (non-hydrogen) atoms. The maximum Gasteiger partial charge on any atom is 0.186 e. The van der Waals surface area contributed by atoms with Gasteiger partial charge in [0.1, 0.15) is 0 Å². The summed E-state index contributed by atoms with van der Waals surface area (Å²) in [6.45, 7) is 4.07. The third-order valence-electron chi connectivity index (χ3n) is 2.78. The first-order valence-electron chi connectivity index (χ1n) is 6.16. The van der Waals surface area contributed by atoms with Crippen LogP contribution < -0.4 is 0 Å². The van der Waals surface area contributed by atoms with Crippen LogP contribution in [0.2, 0.25) is 0 Å². The van der Waals surface area contributed by atoms with E-state index in [0.29, 0.717) is 0 Å². The van der Waals surface area contributed by atoms with Gasteiger partial charge in [-0.1, -0.05) is 59.3 Å². The fourth-order valence-electron chi connectivity index (χ4n) is 1.61. The van der Waals surface area contributed by atoms with E-state index in [-0.39, 0.29) is 5.78 Å². The Labute approximate surface area is 118 Å². The smallest absolute Gasteiger partial charge is 0.186 e. The van der Waals surface area contributed by atoms with E-state index in [1.807, 2.05) is 36.6 Å². The van der Waals surface area contributed by atoms with Crippen molar-refractivity contribution in [3.05, 3.63) is 76.7 Å². The highest BCUT2D eigenvalue weighted by atomic mass is 32.2. The zero-order valence-electron chi connectivity index (χ0n) is 11.1. The first-order valence-corrected chi connectivity index (χ1v) is 7.04. The van der Waals surface area contributed by atoms with Crippen molar-refractivity contribution in [1.29, 1.82) is 0 Å². The van der Waals surface area contributed by atoms with Gasteiger partial charge in [0, 0.05) is 10.5 Å². The molecule has 2 rings (SSSR count). The molecule has 0 aliphatic carbocycles. The Hall–Kier alpha value is -1.80. The standard InChI is InChI=1S/C17H16OS/c1-13-3-7-15(8-4-13)17(18)11-12-19-16-9-5-14(2)6-10-16/h3-12H,1-2H3. The summed E-state index contributed by atoms with van der Waals surface area (Å²) in [4.78, 5) is 13.0. The van der Waals surface area contributed by atoms with Gasteiger partial charge in [-0.25, -0.2) is 0 Å². The van der Waals surface area contributed by atoms with E-state index in [0.717, 1.165) is 16.0 Å². The Bertz CT molecular complexity index is 580. The van der Waals surface area contributed by atoms with Crippen molar-refractivity contribution in [3.63, 3.8) is 0 Å². The first-order chi connectivity index (χ1) is 9.15. The average Bonchev–Trinajstić information content (AvgIpc) is 2.41. The quantitative estimate of drug-likeness (QED) is 0.450. The average molecular weight is 268 g/mol. The fraction of sp³-hybridized carbons (Fsp3) is 0.118. The lowest BCUT2D eigenvalue weighted by Crippen LogP contribution is -1.93. The number of thioether (sulfide) groups is 1. The first kappa shape index (κ1) is 13.6. The molecule has 0 unspecified atom stereocenters. The third kappa shape index (κ3) is 4.11. The van der Waals surface area contributed by atoms with Gasteiger partial charge in [-0.3, -0.25) is 4.79 Å². The summed E-state index contributed by atoms with van der Waals surface area (Å²) in [7, 11) is 0. The summed E-state index contributed by atoms with van der Waals surface area (Å²) in [5.41, 5.74) is 3.13. The van der Waals surface area contributed by atoms with Gasteiger partial charge in [-0.05, 0) is 37.5 Å². The Kier molecular flexibility index (Phi) is 4.58. The molecule has 0 atom stereocenters. The number of benzene rings is 2. The molecule has 0 spiro atoms. The molecular formula is C17H16OS. The van der Waals surface area contributed by atoms with Crippen molar-refractivity contribution in [2.75, 3.05) is 0 Å². The summed E-state index contributed by atoms with van der Waals surface area (Å²) in [6, 6.07) is 15.9. The van der Waals surface area contributed by atoms with Crippen LogP contribution in [0, 0.1) is 13.8 Å². The number of carbonyl (C=O) groups is 1. The number of ketones is 1. The summed E-state index contributed by atoms with van der Waals surface area (Å²) >= 11 is 1.55. The van der Waals surface area contributed by atoms with Gasteiger partial charge in [0.2, 0.25) is 0 Å². The number of rotatable bonds is 4. The van der Waals surface area contributed by atoms with Gasteiger partial charge in [-0.2, -0.15) is 0 Å². The highest BCUT2D eigenvalue weighted by Gasteiger charge is 2.00. The molecule has 2 aromatic carbocycles. The van der Waals surface area contributed by atoms with Crippen molar-refractivity contribution in [2.45, 2.75) is 18.7 Å². The zero-order valence-corrected chi connectivity index (χ0v) is 11.9. The number of hydrogen-bond acceptors (Lipinski definition) is 2. The molecule has 0 aliphatic rings. The molecule has 0 heterocycles. The summed E-state index contributed by atoms with van der Waals surface area (Å²) in [5.74, 6) is 0.0413. The predicted octanol–water partition coefficient (Wildman–Crippen LogP) is 4.79. The van der Waals surface area contributed by atoms with Crippen molar-refractivity contribution in [1.82, 2.24) is 0 Å². The SMILES string of the molecule is Cc1ccc(SC=CC(=O)c2ccc(C)cc2)cc1. The predicted molar refractivity (Wildman–Crippen MR) is 81.7 cm³/mol.